The quantitative estimate of drug-likeness (QED) is 0.399. The number of benzene rings is 1. The van der Waals surface area contributed by atoms with E-state index < -0.39 is 0 Å². The first-order valence-corrected chi connectivity index (χ1v) is 13.0. The van der Waals surface area contributed by atoms with Crippen LogP contribution in [0.5, 0.6) is 0 Å². The molecule has 8 nitrogen and oxygen atoms in total. The number of hydrogen-bond donors (Lipinski definition) is 1. The summed E-state index contributed by atoms with van der Waals surface area (Å²) < 4.78 is 15.4. The molecule has 36 heavy (non-hydrogen) atoms. The molecular weight excluding hydrogens is 458 g/mol. The second kappa shape index (κ2) is 13.4. The third-order valence-corrected chi connectivity index (χ3v) is 6.68. The number of ether oxygens (including phenoxy) is 2. The first kappa shape index (κ1) is 27.7. The van der Waals surface area contributed by atoms with E-state index in [1.54, 1.807) is 20.1 Å². The van der Waals surface area contributed by atoms with Gasteiger partial charge in [0.05, 0.1) is 43.6 Å². The molecule has 0 bridgehead atoms. The summed E-state index contributed by atoms with van der Waals surface area (Å²) in [5.41, 5.74) is 3.27. The Hall–Kier alpha value is -2.87. The minimum absolute atomic E-state index is 0.123. The Morgan fingerprint density at radius 1 is 1.17 bits per heavy atom. The van der Waals surface area contributed by atoms with E-state index >= 15 is 0 Å². The minimum atomic E-state index is -0.295. The number of aryl methyl sites for hydroxylation is 1. The van der Waals surface area contributed by atoms with Crippen molar-refractivity contribution in [2.24, 2.45) is 5.92 Å². The van der Waals surface area contributed by atoms with Crippen LogP contribution in [-0.4, -0.2) is 50.4 Å². The highest BCUT2D eigenvalue weighted by molar-refractivity contribution is 5.95. The lowest BCUT2D eigenvalue weighted by atomic mass is 9.91. The number of esters is 1. The van der Waals surface area contributed by atoms with Crippen LogP contribution < -0.4 is 10.2 Å². The fraction of sp³-hybridized carbons (Fsp3) is 0.607. The van der Waals surface area contributed by atoms with Crippen LogP contribution in [0.1, 0.15) is 75.3 Å². The summed E-state index contributed by atoms with van der Waals surface area (Å²) in [5, 5.41) is 7.11. The van der Waals surface area contributed by atoms with Crippen molar-refractivity contribution < 1.29 is 23.6 Å². The van der Waals surface area contributed by atoms with E-state index in [4.69, 9.17) is 14.0 Å². The van der Waals surface area contributed by atoms with Crippen LogP contribution in [-0.2, 0) is 25.5 Å². The first-order chi connectivity index (χ1) is 17.3. The molecule has 1 heterocycles. The molecular formula is C28H41N3O5. The molecule has 0 spiro atoms. The number of aromatic nitrogens is 1. The Morgan fingerprint density at radius 3 is 2.53 bits per heavy atom. The summed E-state index contributed by atoms with van der Waals surface area (Å²) in [6.45, 7) is 7.53. The van der Waals surface area contributed by atoms with Gasteiger partial charge in [-0.2, -0.15) is 0 Å². The number of carbonyl (C=O) groups is 2. The number of hydrogen-bond acceptors (Lipinski definition) is 7. The van der Waals surface area contributed by atoms with E-state index in [0.717, 1.165) is 36.3 Å². The molecule has 1 aliphatic rings. The topological polar surface area (TPSA) is 93.9 Å². The van der Waals surface area contributed by atoms with Gasteiger partial charge in [-0.25, -0.2) is 0 Å². The Balaban J connectivity index is 1.97. The number of anilines is 2. The van der Waals surface area contributed by atoms with E-state index in [9.17, 15) is 9.59 Å². The zero-order chi connectivity index (χ0) is 26.1. The maximum atomic E-state index is 13.1. The maximum Gasteiger partial charge on any atom is 0.306 e. The molecule has 1 unspecified atom stereocenters. The molecule has 1 saturated carbocycles. The van der Waals surface area contributed by atoms with Crippen LogP contribution in [0.4, 0.5) is 11.4 Å². The van der Waals surface area contributed by atoms with Crippen LogP contribution in [0.25, 0.3) is 0 Å². The van der Waals surface area contributed by atoms with Gasteiger partial charge in [0.1, 0.15) is 5.76 Å². The van der Waals surface area contributed by atoms with Crippen molar-refractivity contribution in [2.75, 3.05) is 37.6 Å². The highest BCUT2D eigenvalue weighted by atomic mass is 16.5. The monoisotopic (exact) mass is 499 g/mol. The molecule has 198 valence electrons. The van der Waals surface area contributed by atoms with E-state index in [2.05, 4.69) is 41.4 Å². The van der Waals surface area contributed by atoms with E-state index in [0.29, 0.717) is 30.0 Å². The highest BCUT2D eigenvalue weighted by Gasteiger charge is 2.26. The van der Waals surface area contributed by atoms with Crippen molar-refractivity contribution in [1.29, 1.82) is 0 Å². The molecule has 2 aromatic rings. The molecule has 1 N–H and O–H groups in total. The smallest absolute Gasteiger partial charge is 0.306 e. The molecule has 1 amide bonds. The molecule has 0 aliphatic heterocycles. The maximum absolute atomic E-state index is 13.1. The number of carbonyl (C=O) groups excluding carboxylic acids is 2. The Bertz CT molecular complexity index is 997. The van der Waals surface area contributed by atoms with Gasteiger partial charge in [-0.3, -0.25) is 9.59 Å². The van der Waals surface area contributed by atoms with Gasteiger partial charge in [0, 0.05) is 31.7 Å². The largest absolute Gasteiger partial charge is 0.469 e. The zero-order valence-corrected chi connectivity index (χ0v) is 22.3. The van der Waals surface area contributed by atoms with Crippen molar-refractivity contribution in [3.05, 3.63) is 41.3 Å². The fourth-order valence-electron chi connectivity index (χ4n) is 5.01. The molecule has 1 aliphatic carbocycles. The summed E-state index contributed by atoms with van der Waals surface area (Å²) in [4.78, 5) is 27.6. The van der Waals surface area contributed by atoms with Gasteiger partial charge in [-0.1, -0.05) is 44.3 Å². The second-order valence-electron chi connectivity index (χ2n) is 10.2. The third-order valence-electron chi connectivity index (χ3n) is 6.68. The Kier molecular flexibility index (Phi) is 10.3. The number of rotatable bonds is 12. The molecule has 1 aromatic heterocycles. The van der Waals surface area contributed by atoms with E-state index in [1.165, 1.54) is 26.4 Å². The summed E-state index contributed by atoms with van der Waals surface area (Å²) in [6, 6.07) is 8.33. The SMILES string of the molecule is COCC(CC(=O)OC)c1ccc(N(CC(C)C)C2CCCCC2)c(NC(=O)Cc2cc(C)on2)c1. The summed E-state index contributed by atoms with van der Waals surface area (Å²) in [7, 11) is 3.01. The first-order valence-electron chi connectivity index (χ1n) is 13.0. The van der Waals surface area contributed by atoms with Gasteiger partial charge in [-0.05, 0) is 43.4 Å². The molecule has 8 heteroatoms. The van der Waals surface area contributed by atoms with Gasteiger partial charge >= 0.3 is 5.97 Å². The number of nitrogens with one attached hydrogen (secondary N) is 1. The molecule has 0 saturated heterocycles. The summed E-state index contributed by atoms with van der Waals surface area (Å²) in [6.07, 6.45) is 6.34. The molecule has 1 atom stereocenters. The van der Waals surface area contributed by atoms with Gasteiger partial charge in [-0.15, -0.1) is 0 Å². The van der Waals surface area contributed by atoms with Crippen LogP contribution in [0.3, 0.4) is 0 Å². The molecule has 3 rings (SSSR count). The zero-order valence-electron chi connectivity index (χ0n) is 22.3. The van der Waals surface area contributed by atoms with Crippen molar-refractivity contribution in [1.82, 2.24) is 5.16 Å². The minimum Gasteiger partial charge on any atom is -0.469 e. The Morgan fingerprint density at radius 2 is 1.92 bits per heavy atom. The van der Waals surface area contributed by atoms with Crippen LogP contribution >= 0.6 is 0 Å². The predicted molar refractivity (Wildman–Crippen MR) is 140 cm³/mol. The lowest BCUT2D eigenvalue weighted by Crippen LogP contribution is -2.40. The number of nitrogens with zero attached hydrogens (tertiary/aromatic N) is 2. The van der Waals surface area contributed by atoms with Crippen LogP contribution in [0, 0.1) is 12.8 Å². The summed E-state index contributed by atoms with van der Waals surface area (Å²) >= 11 is 0. The van der Waals surface area contributed by atoms with E-state index in [1.807, 2.05) is 6.07 Å². The predicted octanol–water partition coefficient (Wildman–Crippen LogP) is 5.25. The number of amides is 1. The van der Waals surface area contributed by atoms with Gasteiger partial charge in [0.15, 0.2) is 0 Å². The van der Waals surface area contributed by atoms with Gasteiger partial charge in [0.2, 0.25) is 5.91 Å². The average molecular weight is 500 g/mol. The lowest BCUT2D eigenvalue weighted by Gasteiger charge is -2.38. The second-order valence-corrected chi connectivity index (χ2v) is 10.2. The van der Waals surface area contributed by atoms with Crippen molar-refractivity contribution >= 4 is 23.3 Å². The van der Waals surface area contributed by atoms with Crippen molar-refractivity contribution in [2.45, 2.75) is 77.7 Å². The standard InChI is InChI=1S/C28H41N3O5/c1-19(2)17-31(24-9-7-6-8-10-24)26-12-11-21(22(18-34-4)15-28(33)35-5)14-25(26)29-27(32)16-23-13-20(3)36-30-23/h11-14,19,22,24H,6-10,15-18H2,1-5H3,(H,29,32). The lowest BCUT2D eigenvalue weighted by molar-refractivity contribution is -0.141. The highest BCUT2D eigenvalue weighted by Crippen LogP contribution is 2.36. The van der Waals surface area contributed by atoms with Crippen molar-refractivity contribution in [3.8, 4) is 0 Å². The van der Waals surface area contributed by atoms with Crippen molar-refractivity contribution in [3.63, 3.8) is 0 Å². The van der Waals surface area contributed by atoms with Crippen LogP contribution in [0.15, 0.2) is 28.8 Å². The van der Waals surface area contributed by atoms with E-state index in [-0.39, 0.29) is 30.6 Å². The fourth-order valence-corrected chi connectivity index (χ4v) is 5.01. The molecule has 1 aromatic carbocycles. The summed E-state index contributed by atoms with van der Waals surface area (Å²) in [5.74, 6) is 0.501. The van der Waals surface area contributed by atoms with Crippen LogP contribution in [0.2, 0.25) is 0 Å². The molecule has 0 radical (unpaired) electrons. The average Bonchev–Trinajstić information content (AvgIpc) is 3.26. The normalized spacial score (nSPS) is 15.1. The Labute approximate surface area is 214 Å². The molecule has 1 fully saturated rings. The number of methoxy groups -OCH3 is 2. The van der Waals surface area contributed by atoms with Gasteiger partial charge in [0.25, 0.3) is 0 Å². The third kappa shape index (κ3) is 7.82. The van der Waals surface area contributed by atoms with Gasteiger partial charge < -0.3 is 24.2 Å².